The number of nitrogens with one attached hydrogen (secondary N) is 1. The largest absolute Gasteiger partial charge is 0.497 e. The molecule has 0 spiro atoms. The summed E-state index contributed by atoms with van der Waals surface area (Å²) in [6.45, 7) is 4.08. The molecule has 3 aromatic carbocycles. The molecule has 0 saturated carbocycles. The van der Waals surface area contributed by atoms with E-state index in [0.717, 1.165) is 22.6 Å². The third-order valence-corrected chi connectivity index (χ3v) is 6.41. The van der Waals surface area contributed by atoms with Gasteiger partial charge in [-0.2, -0.15) is 0 Å². The minimum atomic E-state index is -1.05. The molecule has 0 aliphatic heterocycles. The summed E-state index contributed by atoms with van der Waals surface area (Å²) in [7, 11) is 5.56. The molecule has 2 amide bonds. The van der Waals surface area contributed by atoms with Crippen LogP contribution in [0.3, 0.4) is 0 Å². The number of carbonyl (C=O) groups excluding carboxylic acids is 2. The van der Waals surface area contributed by atoms with Crippen LogP contribution in [-0.4, -0.2) is 43.5 Å². The highest BCUT2D eigenvalue weighted by atomic mass is 16.5. The van der Waals surface area contributed by atoms with E-state index >= 15 is 0 Å². The van der Waals surface area contributed by atoms with E-state index in [1.54, 1.807) is 12.0 Å². The molecule has 35 heavy (non-hydrogen) atoms. The van der Waals surface area contributed by atoms with Crippen LogP contribution in [-0.2, 0) is 22.6 Å². The Morgan fingerprint density at radius 1 is 0.886 bits per heavy atom. The number of amides is 2. The minimum Gasteiger partial charge on any atom is -0.497 e. The lowest BCUT2D eigenvalue weighted by Gasteiger charge is -2.40. The van der Waals surface area contributed by atoms with Crippen LogP contribution in [0.1, 0.15) is 31.4 Å². The lowest BCUT2D eigenvalue weighted by atomic mass is 9.92. The van der Waals surface area contributed by atoms with E-state index in [9.17, 15) is 9.59 Å². The quantitative estimate of drug-likeness (QED) is 0.443. The zero-order chi connectivity index (χ0) is 25.4. The van der Waals surface area contributed by atoms with Crippen molar-refractivity contribution in [2.75, 3.05) is 31.4 Å². The monoisotopic (exact) mass is 473 g/mol. The average molecular weight is 474 g/mol. The molecular weight excluding hydrogens is 438 g/mol. The topological polar surface area (TPSA) is 61.9 Å². The van der Waals surface area contributed by atoms with Crippen LogP contribution < -0.4 is 15.0 Å². The second-order valence-corrected chi connectivity index (χ2v) is 9.01. The van der Waals surface area contributed by atoms with Crippen molar-refractivity contribution in [2.24, 2.45) is 0 Å². The molecule has 0 fully saturated rings. The number of anilines is 2. The second-order valence-electron chi connectivity index (χ2n) is 9.01. The van der Waals surface area contributed by atoms with Crippen molar-refractivity contribution < 1.29 is 14.3 Å². The molecule has 0 aliphatic carbocycles. The molecule has 0 radical (unpaired) electrons. The second kappa shape index (κ2) is 11.6. The van der Waals surface area contributed by atoms with E-state index in [1.165, 1.54) is 0 Å². The molecular formula is C29H35N3O3. The fourth-order valence-corrected chi connectivity index (χ4v) is 3.90. The normalized spacial score (nSPS) is 12.4. The molecule has 3 rings (SSSR count). The van der Waals surface area contributed by atoms with Crippen molar-refractivity contribution in [1.29, 1.82) is 0 Å². The molecule has 0 heterocycles. The van der Waals surface area contributed by atoms with Gasteiger partial charge < -0.3 is 19.9 Å². The minimum absolute atomic E-state index is 0.102. The third-order valence-electron chi connectivity index (χ3n) is 6.41. The maximum atomic E-state index is 13.6. The lowest BCUT2D eigenvalue weighted by Crippen LogP contribution is -2.56. The Morgan fingerprint density at radius 2 is 1.51 bits per heavy atom. The van der Waals surface area contributed by atoms with Crippen LogP contribution in [0.25, 0.3) is 0 Å². The zero-order valence-electron chi connectivity index (χ0n) is 21.2. The first-order valence-electron chi connectivity index (χ1n) is 11.8. The predicted octanol–water partition coefficient (Wildman–Crippen LogP) is 5.14. The predicted molar refractivity (Wildman–Crippen MR) is 142 cm³/mol. The Labute approximate surface area is 208 Å². The van der Waals surface area contributed by atoms with Gasteiger partial charge in [0, 0.05) is 32.0 Å². The summed E-state index contributed by atoms with van der Waals surface area (Å²) in [4.78, 5) is 31.0. The van der Waals surface area contributed by atoms with Gasteiger partial charge in [-0.25, -0.2) is 0 Å². The molecule has 1 atom stereocenters. The molecule has 0 saturated heterocycles. The average Bonchev–Trinajstić information content (AvgIpc) is 2.88. The van der Waals surface area contributed by atoms with Crippen LogP contribution in [0.15, 0.2) is 78.9 Å². The summed E-state index contributed by atoms with van der Waals surface area (Å²) in [6, 6.07) is 24.9. The molecule has 1 N–H and O–H groups in total. The highest BCUT2D eigenvalue weighted by Gasteiger charge is 2.40. The van der Waals surface area contributed by atoms with E-state index in [2.05, 4.69) is 5.32 Å². The van der Waals surface area contributed by atoms with Gasteiger partial charge in [-0.1, -0.05) is 49.4 Å². The molecule has 6 heteroatoms. The number of rotatable bonds is 10. The molecule has 3 aromatic rings. The first kappa shape index (κ1) is 25.8. The Kier molecular flexibility index (Phi) is 8.53. The van der Waals surface area contributed by atoms with E-state index < -0.39 is 5.54 Å². The van der Waals surface area contributed by atoms with Gasteiger partial charge in [-0.05, 0) is 60.9 Å². The molecule has 1 unspecified atom stereocenters. The summed E-state index contributed by atoms with van der Waals surface area (Å²) in [5.74, 6) is 0.426. The van der Waals surface area contributed by atoms with Crippen molar-refractivity contribution in [1.82, 2.24) is 4.90 Å². The van der Waals surface area contributed by atoms with Gasteiger partial charge in [-0.3, -0.25) is 9.59 Å². The summed E-state index contributed by atoms with van der Waals surface area (Å²) < 4.78 is 5.27. The van der Waals surface area contributed by atoms with Crippen molar-refractivity contribution in [3.8, 4) is 5.75 Å². The number of carbonyl (C=O) groups is 2. The summed E-state index contributed by atoms with van der Waals surface area (Å²) in [5, 5.41) is 3.03. The molecule has 0 aromatic heterocycles. The number of ether oxygens (including phenoxy) is 1. The Bertz CT molecular complexity index is 1110. The smallest absolute Gasteiger partial charge is 0.250 e. The highest BCUT2D eigenvalue weighted by Crippen LogP contribution is 2.27. The maximum Gasteiger partial charge on any atom is 0.250 e. The van der Waals surface area contributed by atoms with E-state index in [4.69, 9.17) is 4.74 Å². The van der Waals surface area contributed by atoms with Crippen LogP contribution in [0.2, 0.25) is 0 Å². The van der Waals surface area contributed by atoms with Gasteiger partial charge in [0.1, 0.15) is 11.3 Å². The van der Waals surface area contributed by atoms with Gasteiger partial charge in [0.05, 0.1) is 13.5 Å². The SMILES string of the molecule is CCC(C)(C(=O)Nc1ccc(N(C)C)cc1)N(Cc1ccc(OC)cc1)C(=O)Cc1ccccc1. The van der Waals surface area contributed by atoms with E-state index in [1.807, 2.05) is 112 Å². The van der Waals surface area contributed by atoms with Gasteiger partial charge >= 0.3 is 0 Å². The first-order valence-corrected chi connectivity index (χ1v) is 11.8. The lowest BCUT2D eigenvalue weighted by molar-refractivity contribution is -0.145. The number of nitrogens with zero attached hydrogens (tertiary/aromatic N) is 2. The van der Waals surface area contributed by atoms with Crippen molar-refractivity contribution in [2.45, 2.75) is 38.8 Å². The molecule has 0 bridgehead atoms. The zero-order valence-corrected chi connectivity index (χ0v) is 21.2. The summed E-state index contributed by atoms with van der Waals surface area (Å²) in [5.41, 5.74) is 2.53. The van der Waals surface area contributed by atoms with E-state index in [0.29, 0.717) is 18.7 Å². The molecule has 184 valence electrons. The van der Waals surface area contributed by atoms with Crippen LogP contribution in [0, 0.1) is 0 Å². The molecule has 6 nitrogen and oxygen atoms in total. The Morgan fingerprint density at radius 3 is 2.06 bits per heavy atom. The summed E-state index contributed by atoms with van der Waals surface area (Å²) in [6.07, 6.45) is 0.683. The number of benzene rings is 3. The fraction of sp³-hybridized carbons (Fsp3) is 0.310. The third kappa shape index (κ3) is 6.41. The summed E-state index contributed by atoms with van der Waals surface area (Å²) >= 11 is 0. The standard InChI is InChI=1S/C29H35N3O3/c1-6-29(2,28(34)30-24-14-16-25(17-15-24)31(3)4)32(21-23-12-18-26(35-5)19-13-23)27(33)20-22-10-8-7-9-11-22/h7-19H,6,20-21H2,1-5H3,(H,30,34). The van der Waals surface area contributed by atoms with E-state index in [-0.39, 0.29) is 18.2 Å². The Hall–Kier alpha value is -3.80. The number of methoxy groups -OCH3 is 1. The van der Waals surface area contributed by atoms with Crippen LogP contribution in [0.4, 0.5) is 11.4 Å². The first-order chi connectivity index (χ1) is 16.8. The maximum absolute atomic E-state index is 13.6. The fourth-order valence-electron chi connectivity index (χ4n) is 3.90. The molecule has 0 aliphatic rings. The van der Waals surface area contributed by atoms with Crippen LogP contribution >= 0.6 is 0 Å². The van der Waals surface area contributed by atoms with Gasteiger partial charge in [-0.15, -0.1) is 0 Å². The van der Waals surface area contributed by atoms with Crippen molar-refractivity contribution >= 4 is 23.2 Å². The number of hydrogen-bond acceptors (Lipinski definition) is 4. The number of hydrogen-bond donors (Lipinski definition) is 1. The van der Waals surface area contributed by atoms with Gasteiger partial charge in [0.25, 0.3) is 0 Å². The van der Waals surface area contributed by atoms with Crippen molar-refractivity contribution in [3.63, 3.8) is 0 Å². The van der Waals surface area contributed by atoms with Gasteiger partial charge in [0.15, 0.2) is 0 Å². The van der Waals surface area contributed by atoms with Gasteiger partial charge in [0.2, 0.25) is 11.8 Å². The van der Waals surface area contributed by atoms with Crippen LogP contribution in [0.5, 0.6) is 5.75 Å². The Balaban J connectivity index is 1.90. The highest BCUT2D eigenvalue weighted by molar-refractivity contribution is 6.00. The van der Waals surface area contributed by atoms with Crippen molar-refractivity contribution in [3.05, 3.63) is 90.0 Å².